The standard InChI is InChI=1S/C53H56F2N7O13PS/c1-52(2,3)45(58-47(67)41-27-33-26-34(15-18-40(33)77-41)53(54,55)76(72,73)74)51(71)61-22-21-59(29-38(61)50(70)60-23-24-75-39(30-60)32-12-8-6-9-13-32)44(65)28-43(64)56-20-10-5-4-7-11-31-14-16-35-36(25-31)49(69)62(48(35)68)37-17-19-42(63)57-46(37)66/h6,8-9,12-16,18,25-27,37-39,45H,4-5,10,17,19-24,28-30H2,1-3H3,(H,56,64)(H,58,67)(H,57,63,66)(H2,72,73,74)/t37?,38-,39?,45+/m0/s1. The van der Waals surface area contributed by atoms with E-state index >= 15 is 0 Å². The molecule has 3 aromatic carbocycles. The molecule has 20 nitrogen and oxygen atoms in total. The lowest BCUT2D eigenvalue weighted by Gasteiger charge is -2.45. The number of nitrogens with zero attached hydrogens (tertiary/aromatic N) is 4. The number of hydrogen-bond acceptors (Lipinski definition) is 12. The van der Waals surface area contributed by atoms with Gasteiger partial charge in [0.2, 0.25) is 35.4 Å². The Bertz CT molecular complexity index is 3170. The summed E-state index contributed by atoms with van der Waals surface area (Å²) in [6.07, 6.45) is 0.485. The van der Waals surface area contributed by atoms with E-state index in [1.165, 1.54) is 34.1 Å². The zero-order chi connectivity index (χ0) is 55.6. The number of morpholine rings is 1. The molecule has 406 valence electrons. The number of carbonyl (C=O) groups is 9. The molecule has 8 rings (SSSR count). The Morgan fingerprint density at radius 1 is 0.896 bits per heavy atom. The highest BCUT2D eigenvalue weighted by Crippen LogP contribution is 2.59. The Labute approximate surface area is 445 Å². The first-order chi connectivity index (χ1) is 36.4. The van der Waals surface area contributed by atoms with Crippen LogP contribution in [0.15, 0.2) is 72.8 Å². The van der Waals surface area contributed by atoms with Crippen molar-refractivity contribution in [3.8, 4) is 11.8 Å². The smallest absolute Gasteiger partial charge is 0.370 e. The summed E-state index contributed by atoms with van der Waals surface area (Å²) in [5.74, 6) is 0.554. The van der Waals surface area contributed by atoms with E-state index in [-0.39, 0.29) is 80.1 Å². The van der Waals surface area contributed by atoms with E-state index in [9.17, 15) is 66.3 Å². The molecule has 4 aliphatic rings. The van der Waals surface area contributed by atoms with Gasteiger partial charge in [-0.25, -0.2) is 0 Å². The molecular formula is C53H56F2N7O13PS. The lowest BCUT2D eigenvalue weighted by molar-refractivity contribution is -0.158. The van der Waals surface area contributed by atoms with Crippen molar-refractivity contribution in [2.75, 3.05) is 45.9 Å². The van der Waals surface area contributed by atoms with Crippen molar-refractivity contribution in [2.45, 2.75) is 89.2 Å². The number of fused-ring (bicyclic) bond motifs is 2. The SMILES string of the molecule is CC(C)(C)[C@H](NC(=O)c1cc2cc(C(F)(F)P(=O)(O)O)ccc2s1)C(=O)N1CCN(C(=O)CC(=O)NCCCCC#Cc2ccc3c(c2)C(=O)N(C2CCC(=O)NC2=O)C3=O)C[C@H]1C(=O)N1CCOC(c2ccccc2)C1. The maximum atomic E-state index is 14.8. The first-order valence-corrected chi connectivity index (χ1v) is 27.3. The van der Waals surface area contributed by atoms with Gasteiger partial charge in [-0.1, -0.05) is 69.0 Å². The molecule has 4 aliphatic heterocycles. The van der Waals surface area contributed by atoms with Crippen molar-refractivity contribution in [3.63, 3.8) is 0 Å². The van der Waals surface area contributed by atoms with Crippen LogP contribution >= 0.6 is 18.9 Å². The normalized spacial score (nSPS) is 19.5. The van der Waals surface area contributed by atoms with Crippen LogP contribution in [0.3, 0.4) is 0 Å². The van der Waals surface area contributed by atoms with Crippen molar-refractivity contribution < 1.29 is 71.0 Å². The van der Waals surface area contributed by atoms with E-state index in [1.54, 1.807) is 31.7 Å². The van der Waals surface area contributed by atoms with Gasteiger partial charge in [-0.05, 0) is 72.0 Å². The van der Waals surface area contributed by atoms with E-state index in [0.29, 0.717) is 29.5 Å². The number of halogens is 2. The molecule has 0 radical (unpaired) electrons. The van der Waals surface area contributed by atoms with Crippen molar-refractivity contribution in [1.29, 1.82) is 0 Å². The molecular weight excluding hydrogens is 1040 g/mol. The summed E-state index contributed by atoms with van der Waals surface area (Å²) < 4.78 is 47.1. The quantitative estimate of drug-likeness (QED) is 0.0393. The summed E-state index contributed by atoms with van der Waals surface area (Å²) in [7, 11) is -5.87. The zero-order valence-corrected chi connectivity index (χ0v) is 43.9. The van der Waals surface area contributed by atoms with Crippen LogP contribution in [0.2, 0.25) is 0 Å². The fourth-order valence-electron chi connectivity index (χ4n) is 9.53. The number of amides is 9. The van der Waals surface area contributed by atoms with Crippen LogP contribution in [0.1, 0.15) is 112 Å². The predicted molar refractivity (Wildman–Crippen MR) is 274 cm³/mol. The molecule has 2 unspecified atom stereocenters. The number of alkyl halides is 2. The molecule has 4 aromatic rings. The molecule has 3 saturated heterocycles. The van der Waals surface area contributed by atoms with Gasteiger partial charge in [-0.2, -0.15) is 8.78 Å². The van der Waals surface area contributed by atoms with Gasteiger partial charge in [-0.3, -0.25) is 57.9 Å². The van der Waals surface area contributed by atoms with Crippen LogP contribution in [-0.4, -0.2) is 147 Å². The number of carbonyl (C=O) groups excluding carboxylic acids is 9. The van der Waals surface area contributed by atoms with Crippen LogP contribution in [0.5, 0.6) is 0 Å². The summed E-state index contributed by atoms with van der Waals surface area (Å²) in [6, 6.07) is 14.5. The van der Waals surface area contributed by atoms with E-state index < -0.39 is 108 Å². The molecule has 0 bridgehead atoms. The lowest BCUT2D eigenvalue weighted by atomic mass is 9.85. The highest BCUT2D eigenvalue weighted by atomic mass is 32.1. The Balaban J connectivity index is 0.889. The minimum atomic E-state index is -5.87. The third-order valence-corrected chi connectivity index (χ3v) is 15.8. The van der Waals surface area contributed by atoms with Crippen molar-refractivity contribution in [1.82, 2.24) is 35.6 Å². The highest BCUT2D eigenvalue weighted by Gasteiger charge is 2.51. The molecule has 5 heterocycles. The molecule has 9 amide bonds. The van der Waals surface area contributed by atoms with E-state index in [2.05, 4.69) is 27.8 Å². The van der Waals surface area contributed by atoms with Crippen molar-refractivity contribution >= 4 is 82.2 Å². The molecule has 0 aliphatic carbocycles. The van der Waals surface area contributed by atoms with Crippen LogP contribution < -0.4 is 16.0 Å². The molecule has 77 heavy (non-hydrogen) atoms. The third kappa shape index (κ3) is 12.3. The summed E-state index contributed by atoms with van der Waals surface area (Å²) in [6.45, 7) is 5.39. The second-order valence-electron chi connectivity index (χ2n) is 20.2. The van der Waals surface area contributed by atoms with Crippen LogP contribution in [0.25, 0.3) is 10.1 Å². The fourth-order valence-corrected chi connectivity index (χ4v) is 11.0. The van der Waals surface area contributed by atoms with Gasteiger partial charge in [0.05, 0.1) is 35.7 Å². The van der Waals surface area contributed by atoms with Gasteiger partial charge < -0.3 is 39.9 Å². The number of hydrogen-bond donors (Lipinski definition) is 5. The number of piperazine rings is 1. The van der Waals surface area contributed by atoms with Gasteiger partial charge in [-0.15, -0.1) is 11.3 Å². The Morgan fingerprint density at radius 3 is 2.35 bits per heavy atom. The van der Waals surface area contributed by atoms with E-state index in [1.807, 2.05) is 30.3 Å². The second kappa shape index (κ2) is 22.8. The van der Waals surface area contributed by atoms with E-state index in [4.69, 9.17) is 4.74 Å². The Kier molecular flexibility index (Phi) is 16.6. The summed E-state index contributed by atoms with van der Waals surface area (Å²) >= 11 is 0.915. The number of ether oxygens (including phenoxy) is 1. The maximum absolute atomic E-state index is 14.8. The molecule has 5 N–H and O–H groups in total. The molecule has 4 atom stereocenters. The van der Waals surface area contributed by atoms with Gasteiger partial charge >= 0.3 is 13.3 Å². The largest absolute Gasteiger partial charge is 0.399 e. The van der Waals surface area contributed by atoms with Crippen molar-refractivity contribution in [2.24, 2.45) is 5.41 Å². The molecule has 1 aromatic heterocycles. The Hall–Kier alpha value is -7.22. The van der Waals surface area contributed by atoms with Gasteiger partial charge in [0, 0.05) is 54.8 Å². The van der Waals surface area contributed by atoms with Crippen LogP contribution in [-0.2, 0) is 43.7 Å². The Morgan fingerprint density at radius 2 is 1.64 bits per heavy atom. The number of piperidine rings is 1. The third-order valence-electron chi connectivity index (χ3n) is 13.7. The number of rotatable bonds is 14. The first-order valence-electron chi connectivity index (χ1n) is 24.9. The first kappa shape index (κ1) is 56.0. The number of unbranched alkanes of at least 4 members (excludes halogenated alkanes) is 2. The lowest BCUT2D eigenvalue weighted by Crippen LogP contribution is -2.66. The fraction of sp³-hybridized carbons (Fsp3) is 0.415. The second-order valence-corrected chi connectivity index (χ2v) is 22.9. The van der Waals surface area contributed by atoms with Crippen LogP contribution in [0, 0.1) is 17.3 Å². The molecule has 24 heteroatoms. The minimum absolute atomic E-state index is 0.00398. The monoisotopic (exact) mass is 1100 g/mol. The number of thiophene rings is 1. The average Bonchev–Trinajstić information content (AvgIpc) is 3.95. The summed E-state index contributed by atoms with van der Waals surface area (Å²) in [5.41, 5.74) is -4.83. The number of benzene rings is 3. The predicted octanol–water partition coefficient (Wildman–Crippen LogP) is 4.04. The van der Waals surface area contributed by atoms with E-state index in [0.717, 1.165) is 33.9 Å². The minimum Gasteiger partial charge on any atom is -0.370 e. The highest BCUT2D eigenvalue weighted by molar-refractivity contribution is 7.52. The topological polar surface area (TPSA) is 269 Å². The van der Waals surface area contributed by atoms with Crippen LogP contribution in [0.4, 0.5) is 8.78 Å². The van der Waals surface area contributed by atoms with Gasteiger partial charge in [0.1, 0.15) is 30.7 Å². The molecule has 0 spiro atoms. The van der Waals surface area contributed by atoms with Gasteiger partial charge in [0.25, 0.3) is 17.7 Å². The average molecular weight is 1100 g/mol. The van der Waals surface area contributed by atoms with Gasteiger partial charge in [0.15, 0.2) is 0 Å². The van der Waals surface area contributed by atoms with Crippen molar-refractivity contribution in [3.05, 3.63) is 105 Å². The summed E-state index contributed by atoms with van der Waals surface area (Å²) in [5, 5.41) is 7.80. The zero-order valence-electron chi connectivity index (χ0n) is 42.2. The molecule has 0 saturated carbocycles. The summed E-state index contributed by atoms with van der Waals surface area (Å²) in [4.78, 5) is 144. The number of imide groups is 2. The molecule has 3 fully saturated rings. The number of nitrogens with one attached hydrogen (secondary N) is 3. The maximum Gasteiger partial charge on any atom is 0.399 e.